The summed E-state index contributed by atoms with van der Waals surface area (Å²) in [5.74, 6) is 1.25. The molecule has 0 atom stereocenters. The molecule has 0 spiro atoms. The zero-order chi connectivity index (χ0) is 71.5. The lowest BCUT2D eigenvalue weighted by molar-refractivity contribution is 0.0464. The van der Waals surface area contributed by atoms with Gasteiger partial charge in [-0.15, -0.1) is 0 Å². The van der Waals surface area contributed by atoms with Gasteiger partial charge in [0, 0.05) is 88.1 Å². The number of para-hydroxylation sites is 3. The molecule has 506 valence electrons. The molecule has 0 saturated heterocycles. The van der Waals surface area contributed by atoms with Crippen LogP contribution in [0.4, 0.5) is 0 Å². The van der Waals surface area contributed by atoms with Crippen LogP contribution in [0.1, 0.15) is 31.8 Å². The summed E-state index contributed by atoms with van der Waals surface area (Å²) in [4.78, 5) is 56.3. The van der Waals surface area contributed by atoms with Crippen LogP contribution < -0.4 is 16.4 Å². The summed E-state index contributed by atoms with van der Waals surface area (Å²) in [6.07, 6.45) is 0. The fourth-order valence-corrected chi connectivity index (χ4v) is 16.5. The van der Waals surface area contributed by atoms with Crippen molar-refractivity contribution in [1.82, 2.24) is 38.6 Å². The molecule has 13 heteroatoms. The molecule has 2 aliphatic rings. The zero-order valence-corrected chi connectivity index (χ0v) is 58.0. The van der Waals surface area contributed by atoms with Crippen molar-refractivity contribution in [2.24, 2.45) is 0 Å². The number of fused-ring (bicyclic) bond motifs is 13. The number of carbonyl (C=O) groups excluding carboxylic acids is 2. The second-order valence-electron chi connectivity index (χ2n) is 27.7. The van der Waals surface area contributed by atoms with E-state index in [9.17, 15) is 9.59 Å². The highest BCUT2D eigenvalue weighted by Crippen LogP contribution is 2.45. The number of esters is 2. The molecule has 19 aromatic rings. The van der Waals surface area contributed by atoms with Gasteiger partial charge >= 0.3 is 11.9 Å². The predicted molar refractivity (Wildman–Crippen MR) is 432 cm³/mol. The number of nitrogens with zero attached hydrogens (tertiary/aromatic N) is 8. The Hall–Kier alpha value is -14.4. The van der Waals surface area contributed by atoms with Crippen molar-refractivity contribution in [2.45, 2.75) is 13.2 Å². The predicted octanol–water partition coefficient (Wildman–Crippen LogP) is 19.5. The van der Waals surface area contributed by atoms with Crippen LogP contribution in [0.15, 0.2) is 334 Å². The van der Waals surface area contributed by atoms with E-state index in [2.05, 4.69) is 165 Å². The average Bonchev–Trinajstić information content (AvgIpc) is 1.46. The van der Waals surface area contributed by atoms with Crippen LogP contribution in [0.5, 0.6) is 0 Å². The topological polar surface area (TPSA) is 132 Å². The summed E-state index contributed by atoms with van der Waals surface area (Å²) >= 11 is 0. The van der Waals surface area contributed by atoms with Crippen LogP contribution in [0.2, 0.25) is 0 Å². The van der Waals surface area contributed by atoms with Gasteiger partial charge in [0.15, 0.2) is 23.3 Å². The molecule has 0 unspecified atom stereocenters. The molecule has 0 bridgehead atoms. The van der Waals surface area contributed by atoms with Crippen molar-refractivity contribution in [2.75, 3.05) is 0 Å². The molecule has 14 aromatic carbocycles. The lowest BCUT2D eigenvalue weighted by atomic mass is 9.34. The maximum Gasteiger partial charge on any atom is 0.338 e. The Labute approximate surface area is 619 Å². The highest BCUT2D eigenvalue weighted by Gasteiger charge is 2.43. The SMILES string of the molecule is O=C(OCc1ccccc1)c1cc2c3c(c1)c1ccccc1n3-c1cc(-c3ccc4c(c3)c3ccccc3n4-c3ccc(-c4nc(-c5ccccc5)cc(-c5ccccc5)n4)cc3-c3nc(-c4ccccc4)nc(-c4ccccc4)n3)cc3c1B2c1cc(C(=O)OCc2ccccc2)cc2c4ccccc4n-3c12. The molecule has 5 aromatic heterocycles. The van der Waals surface area contributed by atoms with Gasteiger partial charge in [0.2, 0.25) is 0 Å². The van der Waals surface area contributed by atoms with Crippen LogP contribution >= 0.6 is 0 Å². The Morgan fingerprint density at radius 1 is 0.287 bits per heavy atom. The summed E-state index contributed by atoms with van der Waals surface area (Å²) in [5, 5.41) is 5.92. The van der Waals surface area contributed by atoms with Crippen LogP contribution in [-0.2, 0) is 22.7 Å². The number of rotatable bonds is 14. The van der Waals surface area contributed by atoms with Crippen LogP contribution in [0.25, 0.3) is 162 Å². The summed E-state index contributed by atoms with van der Waals surface area (Å²) in [6.45, 7) is -0.228. The van der Waals surface area contributed by atoms with Crippen molar-refractivity contribution in [3.05, 3.63) is 356 Å². The van der Waals surface area contributed by atoms with Crippen molar-refractivity contribution in [1.29, 1.82) is 0 Å². The number of hydrogen-bond acceptors (Lipinski definition) is 9. The molecule has 0 amide bonds. The van der Waals surface area contributed by atoms with E-state index in [-0.39, 0.29) is 13.2 Å². The third kappa shape index (κ3) is 10.3. The first-order chi connectivity index (χ1) is 53.4. The first-order valence-corrected chi connectivity index (χ1v) is 36.2. The molecule has 0 radical (unpaired) electrons. The van der Waals surface area contributed by atoms with Gasteiger partial charge in [0.1, 0.15) is 13.2 Å². The minimum atomic E-state index is -0.463. The van der Waals surface area contributed by atoms with E-state index in [4.69, 9.17) is 34.4 Å². The van der Waals surface area contributed by atoms with Gasteiger partial charge in [0.25, 0.3) is 6.71 Å². The van der Waals surface area contributed by atoms with E-state index in [1.807, 2.05) is 182 Å². The van der Waals surface area contributed by atoms with E-state index in [0.717, 1.165) is 166 Å². The van der Waals surface area contributed by atoms with Crippen LogP contribution in [-0.4, -0.2) is 57.3 Å². The Balaban J connectivity index is 0.788. The second kappa shape index (κ2) is 25.2. The summed E-state index contributed by atoms with van der Waals surface area (Å²) < 4.78 is 19.5. The molecular formula is C95H59BN8O4. The van der Waals surface area contributed by atoms with Crippen molar-refractivity contribution >= 4 is 100 Å². The minimum Gasteiger partial charge on any atom is -0.457 e. The molecule has 0 saturated carbocycles. The van der Waals surface area contributed by atoms with Gasteiger partial charge in [0.05, 0.1) is 50.3 Å². The molecule has 12 nitrogen and oxygen atoms in total. The van der Waals surface area contributed by atoms with Gasteiger partial charge < -0.3 is 23.2 Å². The molecule has 2 aliphatic heterocycles. The number of ether oxygens (including phenoxy) is 2. The quantitative estimate of drug-likeness (QED) is 0.0771. The minimum absolute atomic E-state index is 0.118. The fraction of sp³-hybridized carbons (Fsp3) is 0.0211. The van der Waals surface area contributed by atoms with Crippen molar-refractivity contribution < 1.29 is 19.1 Å². The fourth-order valence-electron chi connectivity index (χ4n) is 16.5. The van der Waals surface area contributed by atoms with Crippen molar-refractivity contribution in [3.8, 4) is 96.3 Å². The Bertz CT molecular complexity index is 6590. The van der Waals surface area contributed by atoms with E-state index >= 15 is 0 Å². The summed E-state index contributed by atoms with van der Waals surface area (Å²) in [5.41, 5.74) is 23.1. The van der Waals surface area contributed by atoms with E-state index < -0.39 is 18.7 Å². The van der Waals surface area contributed by atoms with Gasteiger partial charge in [-0.2, -0.15) is 0 Å². The molecule has 0 fully saturated rings. The van der Waals surface area contributed by atoms with E-state index in [1.165, 1.54) is 0 Å². The summed E-state index contributed by atoms with van der Waals surface area (Å²) in [7, 11) is 0. The molecular weight excluding hydrogens is 1330 g/mol. The second-order valence-corrected chi connectivity index (χ2v) is 27.7. The maximum atomic E-state index is 14.8. The maximum absolute atomic E-state index is 14.8. The highest BCUT2D eigenvalue weighted by atomic mass is 16.5. The third-order valence-corrected chi connectivity index (χ3v) is 21.3. The first-order valence-electron chi connectivity index (χ1n) is 36.2. The monoisotopic (exact) mass is 1390 g/mol. The number of aromatic nitrogens is 8. The van der Waals surface area contributed by atoms with E-state index in [1.54, 1.807) is 0 Å². The normalized spacial score (nSPS) is 12.0. The Kier molecular flexibility index (Phi) is 14.5. The Morgan fingerprint density at radius 2 is 0.685 bits per heavy atom. The lowest BCUT2D eigenvalue weighted by Gasteiger charge is -2.34. The standard InChI is InChI=1S/C95H59BN8O4/c105-94(107-56-58-25-7-1-8-26-58)67-49-73-70-38-20-23-41-81(70)103-85-53-66(54-86-87(85)96(76(51-67)88(73)103)77-52-68(95(106)108-57-59-27-9-2-10-28-59)50-74-71-39-21-24-42-82(71)104(86)89(74)77)64-43-45-83-72(47-64)69-37-19-22-40-80(69)102(83)84-46-44-65(92-97-78(60-29-11-3-12-30-60)55-79(98-92)61-31-13-4-14-32-61)48-75(84)93-100-90(62-33-15-5-16-34-62)99-91(101-93)63-35-17-6-18-36-63/h1-55H,56-57H2. The highest BCUT2D eigenvalue weighted by molar-refractivity contribution is 7.00. The molecule has 0 aliphatic carbocycles. The van der Waals surface area contributed by atoms with Crippen LogP contribution in [0.3, 0.4) is 0 Å². The van der Waals surface area contributed by atoms with Crippen LogP contribution in [0, 0.1) is 0 Å². The lowest BCUT2D eigenvalue weighted by Crippen LogP contribution is -2.59. The van der Waals surface area contributed by atoms with Gasteiger partial charge in [-0.3, -0.25) is 0 Å². The number of benzene rings is 14. The molecule has 7 heterocycles. The average molecular weight is 1390 g/mol. The van der Waals surface area contributed by atoms with Gasteiger partial charge in [-0.05, 0) is 118 Å². The third-order valence-electron chi connectivity index (χ3n) is 21.3. The Morgan fingerprint density at radius 3 is 1.18 bits per heavy atom. The number of hydrogen-bond donors (Lipinski definition) is 0. The van der Waals surface area contributed by atoms with E-state index in [0.29, 0.717) is 34.4 Å². The summed E-state index contributed by atoms with van der Waals surface area (Å²) in [6, 6.07) is 114. The molecule has 108 heavy (non-hydrogen) atoms. The number of carbonyl (C=O) groups is 2. The largest absolute Gasteiger partial charge is 0.457 e. The first kappa shape index (κ1) is 62.2. The van der Waals surface area contributed by atoms with Gasteiger partial charge in [-0.1, -0.05) is 255 Å². The zero-order valence-electron chi connectivity index (χ0n) is 58.0. The molecule has 0 N–H and O–H groups in total. The van der Waals surface area contributed by atoms with Crippen molar-refractivity contribution in [3.63, 3.8) is 0 Å². The smallest absolute Gasteiger partial charge is 0.338 e. The van der Waals surface area contributed by atoms with Gasteiger partial charge in [-0.25, -0.2) is 34.5 Å². The molecule has 21 rings (SSSR count).